The fraction of sp³-hybridized carbons (Fsp3) is 1.00. The van der Waals surface area contributed by atoms with Crippen molar-refractivity contribution in [3.63, 3.8) is 0 Å². The molecule has 1 aliphatic heterocycles. The second kappa shape index (κ2) is 7.05. The molecule has 1 saturated heterocycles. The lowest BCUT2D eigenvalue weighted by Crippen LogP contribution is -2.50. The quantitative estimate of drug-likeness (QED) is 0.693. The molecule has 0 radical (unpaired) electrons. The van der Waals surface area contributed by atoms with Crippen LogP contribution >= 0.6 is 0 Å². The highest BCUT2D eigenvalue weighted by Gasteiger charge is 2.35. The van der Waals surface area contributed by atoms with Gasteiger partial charge in [0.05, 0.1) is 5.60 Å². The second-order valence-corrected chi connectivity index (χ2v) is 6.57. The van der Waals surface area contributed by atoms with Gasteiger partial charge in [-0.05, 0) is 51.0 Å². The minimum Gasteiger partial charge on any atom is -0.389 e. The Morgan fingerprint density at radius 1 is 1.11 bits per heavy atom. The van der Waals surface area contributed by atoms with Crippen molar-refractivity contribution >= 4 is 0 Å². The fourth-order valence-electron chi connectivity index (χ4n) is 3.79. The van der Waals surface area contributed by atoms with Crippen molar-refractivity contribution in [3.8, 4) is 0 Å². The van der Waals surface area contributed by atoms with Gasteiger partial charge in [-0.2, -0.15) is 0 Å². The highest BCUT2D eigenvalue weighted by Crippen LogP contribution is 2.32. The molecule has 2 fully saturated rings. The van der Waals surface area contributed by atoms with E-state index in [9.17, 15) is 5.11 Å². The average Bonchev–Trinajstić information content (AvgIpc) is 2.94. The first kappa shape index (κ1) is 15.3. The van der Waals surface area contributed by atoms with Crippen LogP contribution in [0, 0.1) is 5.92 Å². The summed E-state index contributed by atoms with van der Waals surface area (Å²) in [6.07, 6.45) is 9.73. The summed E-state index contributed by atoms with van der Waals surface area (Å²) in [4.78, 5) is 0. The second-order valence-electron chi connectivity index (χ2n) is 6.57. The van der Waals surface area contributed by atoms with Crippen LogP contribution in [0.25, 0.3) is 0 Å². The largest absolute Gasteiger partial charge is 0.389 e. The highest BCUT2D eigenvalue weighted by atomic mass is 16.3. The fourth-order valence-corrected chi connectivity index (χ4v) is 3.79. The van der Waals surface area contributed by atoms with Gasteiger partial charge in [-0.3, -0.25) is 0 Å². The molecule has 0 aromatic carbocycles. The molecule has 3 heteroatoms. The molecule has 3 unspecified atom stereocenters. The first-order chi connectivity index (χ1) is 9.18. The van der Waals surface area contributed by atoms with Gasteiger partial charge in [-0.1, -0.05) is 26.7 Å². The Bertz CT molecular complexity index is 259. The predicted molar refractivity (Wildman–Crippen MR) is 80.3 cm³/mol. The Morgan fingerprint density at radius 3 is 2.53 bits per heavy atom. The predicted octanol–water partition coefficient (Wildman–Crippen LogP) is 2.44. The van der Waals surface area contributed by atoms with E-state index >= 15 is 0 Å². The number of aliphatic hydroxyl groups is 1. The van der Waals surface area contributed by atoms with Gasteiger partial charge in [0.25, 0.3) is 0 Å². The van der Waals surface area contributed by atoms with Crippen LogP contribution in [-0.4, -0.2) is 35.9 Å². The van der Waals surface area contributed by atoms with Crippen molar-refractivity contribution in [1.82, 2.24) is 10.6 Å². The molecular weight excluding hydrogens is 236 g/mol. The molecule has 0 bridgehead atoms. The molecular formula is C16H32N2O. The maximum absolute atomic E-state index is 10.4. The summed E-state index contributed by atoms with van der Waals surface area (Å²) in [7, 11) is 0. The van der Waals surface area contributed by atoms with Crippen LogP contribution in [0.2, 0.25) is 0 Å². The molecule has 1 aliphatic carbocycles. The zero-order valence-electron chi connectivity index (χ0n) is 12.8. The third-order valence-electron chi connectivity index (χ3n) is 5.44. The Morgan fingerprint density at radius 2 is 1.89 bits per heavy atom. The van der Waals surface area contributed by atoms with Crippen LogP contribution in [0.1, 0.15) is 65.2 Å². The van der Waals surface area contributed by atoms with Crippen molar-refractivity contribution < 1.29 is 5.11 Å². The van der Waals surface area contributed by atoms with Gasteiger partial charge in [0.15, 0.2) is 0 Å². The van der Waals surface area contributed by atoms with Gasteiger partial charge in [0.2, 0.25) is 0 Å². The summed E-state index contributed by atoms with van der Waals surface area (Å²) >= 11 is 0. The Labute approximate surface area is 118 Å². The van der Waals surface area contributed by atoms with E-state index in [4.69, 9.17) is 0 Å². The van der Waals surface area contributed by atoms with E-state index in [1.165, 1.54) is 45.1 Å². The van der Waals surface area contributed by atoms with E-state index < -0.39 is 5.60 Å². The smallest absolute Gasteiger partial charge is 0.0766 e. The summed E-state index contributed by atoms with van der Waals surface area (Å²) in [5.74, 6) is 0.776. The number of rotatable bonds is 6. The van der Waals surface area contributed by atoms with Crippen molar-refractivity contribution in [3.05, 3.63) is 0 Å². The first-order valence-electron chi connectivity index (χ1n) is 8.37. The molecule has 3 atom stereocenters. The Balaban J connectivity index is 1.84. The Kier molecular flexibility index (Phi) is 5.67. The minimum absolute atomic E-state index is 0.507. The molecule has 2 rings (SSSR count). The van der Waals surface area contributed by atoms with E-state index in [1.54, 1.807) is 0 Å². The lowest BCUT2D eigenvalue weighted by atomic mass is 9.87. The van der Waals surface area contributed by atoms with Gasteiger partial charge in [0.1, 0.15) is 0 Å². The van der Waals surface area contributed by atoms with E-state index in [1.807, 2.05) is 0 Å². The van der Waals surface area contributed by atoms with E-state index in [2.05, 4.69) is 24.5 Å². The molecule has 1 heterocycles. The summed E-state index contributed by atoms with van der Waals surface area (Å²) in [6.45, 7) is 6.12. The zero-order valence-corrected chi connectivity index (χ0v) is 12.8. The molecule has 0 aromatic rings. The number of hydrogen-bond acceptors (Lipinski definition) is 3. The summed E-state index contributed by atoms with van der Waals surface area (Å²) in [5, 5.41) is 17.8. The standard InChI is InChI=1S/C16H32N2O/c1-3-16(19,4-2)12-18-15-10-7-8-13(15)14-9-5-6-11-17-14/h13-15,17-19H,3-12H2,1-2H3. The molecule has 112 valence electrons. The highest BCUT2D eigenvalue weighted by molar-refractivity contribution is 4.93. The third kappa shape index (κ3) is 3.93. The van der Waals surface area contributed by atoms with Crippen molar-refractivity contribution in [2.45, 2.75) is 82.9 Å². The normalized spacial score (nSPS) is 32.7. The summed E-state index contributed by atoms with van der Waals surface area (Å²) in [6, 6.07) is 1.32. The maximum atomic E-state index is 10.4. The van der Waals surface area contributed by atoms with Crippen LogP contribution in [0.3, 0.4) is 0 Å². The van der Waals surface area contributed by atoms with Crippen molar-refractivity contribution in [1.29, 1.82) is 0 Å². The monoisotopic (exact) mass is 268 g/mol. The molecule has 0 amide bonds. The number of nitrogens with one attached hydrogen (secondary N) is 2. The number of piperidine rings is 1. The molecule has 3 nitrogen and oxygen atoms in total. The van der Waals surface area contributed by atoms with Gasteiger partial charge in [0, 0.05) is 18.6 Å². The van der Waals surface area contributed by atoms with E-state index in [0.717, 1.165) is 25.3 Å². The molecule has 19 heavy (non-hydrogen) atoms. The van der Waals surface area contributed by atoms with Gasteiger partial charge < -0.3 is 15.7 Å². The maximum Gasteiger partial charge on any atom is 0.0766 e. The third-order valence-corrected chi connectivity index (χ3v) is 5.44. The van der Waals surface area contributed by atoms with Crippen molar-refractivity contribution in [2.75, 3.05) is 13.1 Å². The van der Waals surface area contributed by atoms with Crippen LogP contribution in [0.5, 0.6) is 0 Å². The minimum atomic E-state index is -0.507. The van der Waals surface area contributed by atoms with Crippen LogP contribution in [-0.2, 0) is 0 Å². The topological polar surface area (TPSA) is 44.3 Å². The molecule has 0 aromatic heterocycles. The lowest BCUT2D eigenvalue weighted by molar-refractivity contribution is 0.0277. The summed E-state index contributed by atoms with van der Waals surface area (Å²) in [5.41, 5.74) is -0.507. The number of hydrogen-bond donors (Lipinski definition) is 3. The van der Waals surface area contributed by atoms with E-state index in [0.29, 0.717) is 12.1 Å². The van der Waals surface area contributed by atoms with Crippen LogP contribution < -0.4 is 10.6 Å². The molecule has 2 aliphatic rings. The Hall–Kier alpha value is -0.120. The average molecular weight is 268 g/mol. The molecule has 0 spiro atoms. The molecule has 3 N–H and O–H groups in total. The van der Waals surface area contributed by atoms with Crippen LogP contribution in [0.4, 0.5) is 0 Å². The molecule has 1 saturated carbocycles. The van der Waals surface area contributed by atoms with Crippen molar-refractivity contribution in [2.24, 2.45) is 5.92 Å². The lowest BCUT2D eigenvalue weighted by Gasteiger charge is -2.35. The van der Waals surface area contributed by atoms with Gasteiger partial charge >= 0.3 is 0 Å². The first-order valence-corrected chi connectivity index (χ1v) is 8.37. The van der Waals surface area contributed by atoms with E-state index in [-0.39, 0.29) is 0 Å². The van der Waals surface area contributed by atoms with Gasteiger partial charge in [-0.25, -0.2) is 0 Å². The SMILES string of the molecule is CCC(O)(CC)CNC1CCCC1C1CCCCN1. The van der Waals surface area contributed by atoms with Crippen LogP contribution in [0.15, 0.2) is 0 Å². The van der Waals surface area contributed by atoms with Gasteiger partial charge in [-0.15, -0.1) is 0 Å². The zero-order chi connectivity index (χ0) is 13.7. The summed E-state index contributed by atoms with van der Waals surface area (Å²) < 4.78 is 0.